The molecule has 2 rings (SSSR count). The van der Waals surface area contributed by atoms with E-state index in [2.05, 4.69) is 30.9 Å². The van der Waals surface area contributed by atoms with E-state index in [1.165, 1.54) is 43.6 Å². The summed E-state index contributed by atoms with van der Waals surface area (Å²) in [7, 11) is 0. The Hall–Kier alpha value is -1.18. The highest BCUT2D eigenvalue weighted by Gasteiger charge is 2.17. The molecule has 0 unspecified atom stereocenters. The van der Waals surface area contributed by atoms with Gasteiger partial charge in [0.15, 0.2) is 0 Å². The summed E-state index contributed by atoms with van der Waals surface area (Å²) in [6.07, 6.45) is 4.98. The lowest BCUT2D eigenvalue weighted by Gasteiger charge is -2.32. The summed E-state index contributed by atoms with van der Waals surface area (Å²) in [5.74, 6) is 0.806. The van der Waals surface area contributed by atoms with Crippen molar-refractivity contribution in [3.8, 4) is 0 Å². The Bertz CT molecular complexity index is 371. The van der Waals surface area contributed by atoms with Crippen LogP contribution in [-0.4, -0.2) is 13.1 Å². The van der Waals surface area contributed by atoms with Crippen LogP contribution in [0.1, 0.15) is 38.7 Å². The molecule has 0 aliphatic carbocycles. The van der Waals surface area contributed by atoms with Crippen LogP contribution in [0.4, 0.5) is 11.4 Å². The molecule has 0 saturated heterocycles. The lowest BCUT2D eigenvalue weighted by atomic mass is 9.99. The van der Waals surface area contributed by atoms with Crippen LogP contribution >= 0.6 is 0 Å². The van der Waals surface area contributed by atoms with Gasteiger partial charge in [-0.05, 0) is 49.3 Å². The van der Waals surface area contributed by atoms with Crippen molar-refractivity contribution in [2.75, 3.05) is 23.7 Å². The molecule has 2 heteroatoms. The first-order chi connectivity index (χ1) is 8.18. The lowest BCUT2D eigenvalue weighted by molar-refractivity contribution is 0.543. The van der Waals surface area contributed by atoms with Crippen LogP contribution in [0.15, 0.2) is 18.2 Å². The van der Waals surface area contributed by atoms with Crippen LogP contribution in [0.2, 0.25) is 0 Å². The SMILES string of the molecule is CC(C)CCCN1CCCc2c(N)cccc21. The summed E-state index contributed by atoms with van der Waals surface area (Å²) in [6, 6.07) is 6.33. The molecule has 1 aliphatic heterocycles. The van der Waals surface area contributed by atoms with Crippen molar-refractivity contribution in [2.45, 2.75) is 39.5 Å². The maximum Gasteiger partial charge on any atom is 0.0419 e. The van der Waals surface area contributed by atoms with E-state index in [0.29, 0.717) is 0 Å². The van der Waals surface area contributed by atoms with Gasteiger partial charge in [-0.3, -0.25) is 0 Å². The van der Waals surface area contributed by atoms with Crippen LogP contribution < -0.4 is 10.6 Å². The van der Waals surface area contributed by atoms with Crippen molar-refractivity contribution < 1.29 is 0 Å². The zero-order valence-electron chi connectivity index (χ0n) is 11.1. The third-order valence-corrected chi connectivity index (χ3v) is 3.59. The molecule has 0 bridgehead atoms. The van der Waals surface area contributed by atoms with E-state index in [1.807, 2.05) is 6.07 Å². The number of hydrogen-bond donors (Lipinski definition) is 1. The second-order valence-corrected chi connectivity index (χ2v) is 5.47. The van der Waals surface area contributed by atoms with E-state index in [4.69, 9.17) is 5.73 Å². The minimum atomic E-state index is 0.806. The summed E-state index contributed by atoms with van der Waals surface area (Å²) >= 11 is 0. The summed E-state index contributed by atoms with van der Waals surface area (Å²) in [5, 5.41) is 0. The van der Waals surface area contributed by atoms with E-state index in [-0.39, 0.29) is 0 Å². The molecule has 0 atom stereocenters. The fourth-order valence-corrected chi connectivity index (χ4v) is 2.65. The zero-order valence-corrected chi connectivity index (χ0v) is 11.1. The maximum absolute atomic E-state index is 6.05. The van der Waals surface area contributed by atoms with E-state index in [9.17, 15) is 0 Å². The number of rotatable bonds is 4. The lowest BCUT2D eigenvalue weighted by Crippen LogP contribution is -2.30. The second-order valence-electron chi connectivity index (χ2n) is 5.47. The molecule has 1 aromatic carbocycles. The van der Waals surface area contributed by atoms with E-state index < -0.39 is 0 Å². The number of anilines is 2. The maximum atomic E-state index is 6.05. The fourth-order valence-electron chi connectivity index (χ4n) is 2.65. The number of hydrogen-bond acceptors (Lipinski definition) is 2. The highest BCUT2D eigenvalue weighted by molar-refractivity contribution is 5.66. The molecular formula is C15H24N2. The van der Waals surface area contributed by atoms with E-state index in [1.54, 1.807) is 0 Å². The molecule has 94 valence electrons. The van der Waals surface area contributed by atoms with Crippen LogP contribution in [0.25, 0.3) is 0 Å². The molecule has 1 aliphatic rings. The van der Waals surface area contributed by atoms with Gasteiger partial charge in [-0.2, -0.15) is 0 Å². The van der Waals surface area contributed by atoms with Crippen molar-refractivity contribution in [3.05, 3.63) is 23.8 Å². The molecule has 1 heterocycles. The molecule has 0 aromatic heterocycles. The van der Waals surface area contributed by atoms with Gasteiger partial charge >= 0.3 is 0 Å². The van der Waals surface area contributed by atoms with Gasteiger partial charge in [-0.25, -0.2) is 0 Å². The summed E-state index contributed by atoms with van der Waals surface area (Å²) in [6.45, 7) is 6.95. The first kappa shape index (κ1) is 12.3. The average molecular weight is 232 g/mol. The van der Waals surface area contributed by atoms with Gasteiger partial charge in [-0.15, -0.1) is 0 Å². The molecule has 0 fully saturated rings. The van der Waals surface area contributed by atoms with Gasteiger partial charge in [0.25, 0.3) is 0 Å². The predicted octanol–water partition coefficient (Wildman–Crippen LogP) is 3.46. The largest absolute Gasteiger partial charge is 0.398 e. The first-order valence-corrected chi connectivity index (χ1v) is 6.81. The Kier molecular flexibility index (Phi) is 3.93. The van der Waals surface area contributed by atoms with Gasteiger partial charge in [-0.1, -0.05) is 19.9 Å². The van der Waals surface area contributed by atoms with E-state index >= 15 is 0 Å². The third-order valence-electron chi connectivity index (χ3n) is 3.59. The monoisotopic (exact) mass is 232 g/mol. The first-order valence-electron chi connectivity index (χ1n) is 6.81. The zero-order chi connectivity index (χ0) is 12.3. The number of nitrogens with two attached hydrogens (primary N) is 1. The van der Waals surface area contributed by atoms with Crippen molar-refractivity contribution in [3.63, 3.8) is 0 Å². The van der Waals surface area contributed by atoms with Crippen molar-refractivity contribution in [2.24, 2.45) is 5.92 Å². The summed E-state index contributed by atoms with van der Waals surface area (Å²) in [4.78, 5) is 2.51. The molecule has 1 aromatic rings. The minimum absolute atomic E-state index is 0.806. The molecule has 2 N–H and O–H groups in total. The van der Waals surface area contributed by atoms with Gasteiger partial charge in [0, 0.05) is 24.5 Å². The summed E-state index contributed by atoms with van der Waals surface area (Å²) in [5.41, 5.74) is 9.76. The standard InChI is InChI=1S/C15H24N2/c1-12(2)6-4-10-17-11-5-7-13-14(16)8-3-9-15(13)17/h3,8-9,12H,4-7,10-11,16H2,1-2H3. The van der Waals surface area contributed by atoms with Gasteiger partial charge in [0.05, 0.1) is 0 Å². The molecule has 0 spiro atoms. The van der Waals surface area contributed by atoms with Crippen LogP contribution in [0.5, 0.6) is 0 Å². The number of benzene rings is 1. The number of nitrogens with zero attached hydrogens (tertiary/aromatic N) is 1. The molecule has 0 amide bonds. The Balaban J connectivity index is 2.04. The Morgan fingerprint density at radius 1 is 1.35 bits per heavy atom. The third kappa shape index (κ3) is 2.93. The van der Waals surface area contributed by atoms with Gasteiger partial charge in [0.1, 0.15) is 0 Å². The van der Waals surface area contributed by atoms with Crippen molar-refractivity contribution in [1.29, 1.82) is 0 Å². The van der Waals surface area contributed by atoms with Gasteiger partial charge < -0.3 is 10.6 Å². The van der Waals surface area contributed by atoms with E-state index in [0.717, 1.165) is 18.0 Å². The van der Waals surface area contributed by atoms with Crippen LogP contribution in [-0.2, 0) is 6.42 Å². The average Bonchev–Trinajstić information content (AvgIpc) is 2.30. The normalized spacial score (nSPS) is 15.1. The Morgan fingerprint density at radius 3 is 2.94 bits per heavy atom. The summed E-state index contributed by atoms with van der Waals surface area (Å²) < 4.78 is 0. The smallest absolute Gasteiger partial charge is 0.0419 e. The van der Waals surface area contributed by atoms with Crippen molar-refractivity contribution >= 4 is 11.4 Å². The Morgan fingerprint density at radius 2 is 2.18 bits per heavy atom. The van der Waals surface area contributed by atoms with Crippen LogP contribution in [0.3, 0.4) is 0 Å². The second kappa shape index (κ2) is 5.44. The van der Waals surface area contributed by atoms with Crippen molar-refractivity contribution in [1.82, 2.24) is 0 Å². The molecule has 2 nitrogen and oxygen atoms in total. The topological polar surface area (TPSA) is 29.3 Å². The number of fused-ring (bicyclic) bond motifs is 1. The highest BCUT2D eigenvalue weighted by Crippen LogP contribution is 2.31. The highest BCUT2D eigenvalue weighted by atomic mass is 15.1. The minimum Gasteiger partial charge on any atom is -0.398 e. The fraction of sp³-hybridized carbons (Fsp3) is 0.600. The molecule has 17 heavy (non-hydrogen) atoms. The quantitative estimate of drug-likeness (QED) is 0.806. The predicted molar refractivity (Wildman–Crippen MR) is 75.5 cm³/mol. The van der Waals surface area contributed by atoms with Crippen LogP contribution in [0, 0.1) is 5.92 Å². The Labute approximate surface area is 105 Å². The molecular weight excluding hydrogens is 208 g/mol. The van der Waals surface area contributed by atoms with Gasteiger partial charge in [0.2, 0.25) is 0 Å². The molecule has 0 saturated carbocycles. The molecule has 0 radical (unpaired) electrons. The number of nitrogen functional groups attached to an aromatic ring is 1.